The average molecular weight is 327 g/mol. The predicted octanol–water partition coefficient (Wildman–Crippen LogP) is 2.08. The smallest absolute Gasteiger partial charge is 0.134 e. The van der Waals surface area contributed by atoms with Gasteiger partial charge in [0, 0.05) is 44.1 Å². The zero-order valence-corrected chi connectivity index (χ0v) is 14.0. The highest BCUT2D eigenvalue weighted by molar-refractivity contribution is 5.51. The summed E-state index contributed by atoms with van der Waals surface area (Å²) in [6.45, 7) is 3.20. The van der Waals surface area contributed by atoms with E-state index in [1.165, 1.54) is 0 Å². The molecule has 0 bridgehead atoms. The lowest BCUT2D eigenvalue weighted by Gasteiger charge is -2.34. The van der Waals surface area contributed by atoms with Crippen molar-refractivity contribution in [3.63, 3.8) is 0 Å². The van der Waals surface area contributed by atoms with E-state index in [1.54, 1.807) is 6.33 Å². The molecule has 1 unspecified atom stereocenters. The van der Waals surface area contributed by atoms with Crippen molar-refractivity contribution in [2.24, 2.45) is 0 Å². The van der Waals surface area contributed by atoms with Gasteiger partial charge in [0.25, 0.3) is 0 Å². The van der Waals surface area contributed by atoms with Gasteiger partial charge in [0.1, 0.15) is 18.0 Å². The monoisotopic (exact) mass is 327 g/mol. The summed E-state index contributed by atoms with van der Waals surface area (Å²) < 4.78 is 2.32. The van der Waals surface area contributed by atoms with Gasteiger partial charge in [-0.2, -0.15) is 0 Å². The Labute approximate surface area is 142 Å². The molecule has 0 amide bonds. The summed E-state index contributed by atoms with van der Waals surface area (Å²) in [6, 6.07) is 7.07. The van der Waals surface area contributed by atoms with Crippen molar-refractivity contribution >= 4 is 11.6 Å². The number of rotatable bonds is 4. The van der Waals surface area contributed by atoms with Crippen LogP contribution in [-0.4, -0.2) is 51.9 Å². The minimum atomic E-state index is 0.196. The molecule has 128 valence electrons. The van der Waals surface area contributed by atoms with Crippen molar-refractivity contribution in [2.45, 2.75) is 37.8 Å². The molecular formula is C18H25N5O. The standard InChI is InChI=1S/C18H25N5O/c24-13-16-4-3-9-23(16)18-12-17(19-14-20-18)22-10-5-15(6-11-22)21-7-1-2-8-21/h1-2,7-8,12,14-16,24H,3-6,9-11,13H2. The first-order valence-corrected chi connectivity index (χ1v) is 8.92. The highest BCUT2D eigenvalue weighted by atomic mass is 16.3. The van der Waals surface area contributed by atoms with Crippen LogP contribution in [0.25, 0.3) is 0 Å². The van der Waals surface area contributed by atoms with E-state index in [9.17, 15) is 5.11 Å². The molecule has 1 atom stereocenters. The minimum absolute atomic E-state index is 0.196. The van der Waals surface area contributed by atoms with Gasteiger partial charge in [-0.25, -0.2) is 9.97 Å². The fraction of sp³-hybridized carbons (Fsp3) is 0.556. The SMILES string of the molecule is OCC1CCCN1c1cc(N2CCC(n3cccc3)CC2)ncn1. The lowest BCUT2D eigenvalue weighted by atomic mass is 10.1. The second-order valence-electron chi connectivity index (χ2n) is 6.75. The molecule has 24 heavy (non-hydrogen) atoms. The molecule has 2 aromatic heterocycles. The fourth-order valence-electron chi connectivity index (χ4n) is 3.98. The van der Waals surface area contributed by atoms with Gasteiger partial charge < -0.3 is 19.5 Å². The van der Waals surface area contributed by atoms with Crippen LogP contribution in [0.5, 0.6) is 0 Å². The normalized spacial score (nSPS) is 22.3. The van der Waals surface area contributed by atoms with Gasteiger partial charge in [0.2, 0.25) is 0 Å². The summed E-state index contributed by atoms with van der Waals surface area (Å²) in [6.07, 6.45) is 10.4. The third-order valence-corrected chi connectivity index (χ3v) is 5.36. The van der Waals surface area contributed by atoms with E-state index in [1.807, 2.05) is 0 Å². The van der Waals surface area contributed by atoms with Gasteiger partial charge in [-0.3, -0.25) is 0 Å². The van der Waals surface area contributed by atoms with E-state index in [4.69, 9.17) is 0 Å². The van der Waals surface area contributed by atoms with Crippen molar-refractivity contribution in [1.82, 2.24) is 14.5 Å². The van der Waals surface area contributed by atoms with Gasteiger partial charge in [-0.15, -0.1) is 0 Å². The van der Waals surface area contributed by atoms with Gasteiger partial charge in [0.15, 0.2) is 0 Å². The topological polar surface area (TPSA) is 57.4 Å². The molecule has 2 aliphatic heterocycles. The maximum Gasteiger partial charge on any atom is 0.134 e. The molecule has 0 aliphatic carbocycles. The van der Waals surface area contributed by atoms with Crippen LogP contribution >= 0.6 is 0 Å². The zero-order chi connectivity index (χ0) is 16.4. The van der Waals surface area contributed by atoms with Crippen LogP contribution < -0.4 is 9.80 Å². The molecule has 2 aromatic rings. The Kier molecular flexibility index (Phi) is 4.38. The Morgan fingerprint density at radius 3 is 2.50 bits per heavy atom. The van der Waals surface area contributed by atoms with E-state index >= 15 is 0 Å². The van der Waals surface area contributed by atoms with E-state index < -0.39 is 0 Å². The minimum Gasteiger partial charge on any atom is -0.394 e. The van der Waals surface area contributed by atoms with Crippen molar-refractivity contribution in [1.29, 1.82) is 0 Å². The molecule has 1 N–H and O–H groups in total. The summed E-state index contributed by atoms with van der Waals surface area (Å²) in [7, 11) is 0. The van der Waals surface area contributed by atoms with E-state index in [0.717, 1.165) is 57.0 Å². The van der Waals surface area contributed by atoms with Crippen LogP contribution in [0.1, 0.15) is 31.7 Å². The second-order valence-corrected chi connectivity index (χ2v) is 6.75. The van der Waals surface area contributed by atoms with Crippen LogP contribution in [-0.2, 0) is 0 Å². The number of aliphatic hydroxyl groups is 1. The molecule has 0 aromatic carbocycles. The van der Waals surface area contributed by atoms with Crippen molar-refractivity contribution in [2.75, 3.05) is 36.0 Å². The molecule has 2 aliphatic rings. The molecule has 2 fully saturated rings. The number of aromatic nitrogens is 3. The molecule has 0 radical (unpaired) electrons. The first-order valence-electron chi connectivity index (χ1n) is 8.92. The van der Waals surface area contributed by atoms with Crippen LogP contribution in [0.4, 0.5) is 11.6 Å². The van der Waals surface area contributed by atoms with Gasteiger partial charge >= 0.3 is 0 Å². The molecule has 6 nitrogen and oxygen atoms in total. The number of hydrogen-bond donors (Lipinski definition) is 1. The number of nitrogens with zero attached hydrogens (tertiary/aromatic N) is 5. The fourth-order valence-corrected chi connectivity index (χ4v) is 3.98. The van der Waals surface area contributed by atoms with Crippen molar-refractivity contribution < 1.29 is 5.11 Å². The van der Waals surface area contributed by atoms with Crippen LogP contribution in [0.3, 0.4) is 0 Å². The Bertz CT molecular complexity index is 651. The van der Waals surface area contributed by atoms with E-state index in [0.29, 0.717) is 6.04 Å². The summed E-state index contributed by atoms with van der Waals surface area (Å²) in [5, 5.41) is 9.54. The number of hydrogen-bond acceptors (Lipinski definition) is 5. The maximum atomic E-state index is 9.54. The molecule has 0 saturated carbocycles. The third-order valence-electron chi connectivity index (χ3n) is 5.36. The molecule has 4 rings (SSSR count). The largest absolute Gasteiger partial charge is 0.394 e. The second kappa shape index (κ2) is 6.81. The summed E-state index contributed by atoms with van der Waals surface area (Å²) in [5.41, 5.74) is 0. The van der Waals surface area contributed by atoms with E-state index in [2.05, 4.69) is 54.9 Å². The van der Waals surface area contributed by atoms with Gasteiger partial charge in [-0.1, -0.05) is 0 Å². The first-order chi connectivity index (χ1) is 11.8. The highest BCUT2D eigenvalue weighted by Gasteiger charge is 2.26. The number of aliphatic hydroxyl groups excluding tert-OH is 1. The summed E-state index contributed by atoms with van der Waals surface area (Å²) >= 11 is 0. The lowest BCUT2D eigenvalue weighted by molar-refractivity contribution is 0.266. The zero-order valence-electron chi connectivity index (χ0n) is 14.0. The summed E-state index contributed by atoms with van der Waals surface area (Å²) in [4.78, 5) is 13.5. The first kappa shape index (κ1) is 15.4. The van der Waals surface area contributed by atoms with Crippen molar-refractivity contribution in [3.8, 4) is 0 Å². The quantitative estimate of drug-likeness (QED) is 0.932. The Morgan fingerprint density at radius 2 is 1.75 bits per heavy atom. The van der Waals surface area contributed by atoms with Crippen LogP contribution in [0.2, 0.25) is 0 Å². The Balaban J connectivity index is 1.45. The van der Waals surface area contributed by atoms with Crippen LogP contribution in [0.15, 0.2) is 36.9 Å². The number of piperidine rings is 1. The highest BCUT2D eigenvalue weighted by Crippen LogP contribution is 2.29. The lowest BCUT2D eigenvalue weighted by Crippen LogP contribution is -2.36. The maximum absolute atomic E-state index is 9.54. The van der Waals surface area contributed by atoms with Gasteiger partial charge in [0.05, 0.1) is 12.6 Å². The van der Waals surface area contributed by atoms with Crippen LogP contribution in [0, 0.1) is 0 Å². The third kappa shape index (κ3) is 2.98. The summed E-state index contributed by atoms with van der Waals surface area (Å²) in [5.74, 6) is 1.96. The number of anilines is 2. The van der Waals surface area contributed by atoms with Gasteiger partial charge in [-0.05, 0) is 37.8 Å². The molecule has 6 heteroatoms. The molecule has 4 heterocycles. The molecule has 2 saturated heterocycles. The molecule has 0 spiro atoms. The predicted molar refractivity (Wildman–Crippen MR) is 94.4 cm³/mol. The average Bonchev–Trinajstić information content (AvgIpc) is 3.33. The van der Waals surface area contributed by atoms with Crippen molar-refractivity contribution in [3.05, 3.63) is 36.9 Å². The molecular weight excluding hydrogens is 302 g/mol. The van der Waals surface area contributed by atoms with E-state index in [-0.39, 0.29) is 12.6 Å². The Hall–Kier alpha value is -2.08. The Morgan fingerprint density at radius 1 is 1.00 bits per heavy atom.